The first-order valence-electron chi connectivity index (χ1n) is 10.3. The number of piperazine rings is 1. The van der Waals surface area contributed by atoms with E-state index in [9.17, 15) is 9.59 Å². The van der Waals surface area contributed by atoms with Crippen LogP contribution in [0.15, 0.2) is 41.2 Å². The molecule has 0 aliphatic carbocycles. The Kier molecular flexibility index (Phi) is 6.54. The van der Waals surface area contributed by atoms with Crippen molar-refractivity contribution >= 4 is 29.0 Å². The van der Waals surface area contributed by atoms with Crippen LogP contribution in [0.3, 0.4) is 0 Å². The Morgan fingerprint density at radius 3 is 2.70 bits per heavy atom. The molecule has 1 aromatic carbocycles. The van der Waals surface area contributed by atoms with Gasteiger partial charge in [0.1, 0.15) is 12.4 Å². The summed E-state index contributed by atoms with van der Waals surface area (Å²) in [6.45, 7) is 4.30. The number of rotatable bonds is 6. The molecule has 3 heterocycles. The van der Waals surface area contributed by atoms with Crippen LogP contribution in [0, 0.1) is 0 Å². The lowest BCUT2D eigenvalue weighted by Crippen LogP contribution is -2.47. The van der Waals surface area contributed by atoms with Crippen molar-refractivity contribution in [2.75, 3.05) is 49.1 Å². The van der Waals surface area contributed by atoms with E-state index in [4.69, 9.17) is 16.3 Å². The van der Waals surface area contributed by atoms with Crippen molar-refractivity contribution in [3.05, 3.63) is 51.8 Å². The van der Waals surface area contributed by atoms with Crippen molar-refractivity contribution in [3.8, 4) is 0 Å². The van der Waals surface area contributed by atoms with Crippen LogP contribution >= 0.6 is 11.6 Å². The van der Waals surface area contributed by atoms with Crippen LogP contribution in [0.4, 0.5) is 11.5 Å². The van der Waals surface area contributed by atoms with Gasteiger partial charge in [-0.2, -0.15) is 5.10 Å². The van der Waals surface area contributed by atoms with E-state index < -0.39 is 0 Å². The van der Waals surface area contributed by atoms with E-state index in [0.717, 1.165) is 56.3 Å². The zero-order valence-corrected chi connectivity index (χ0v) is 17.6. The van der Waals surface area contributed by atoms with E-state index in [2.05, 4.69) is 26.3 Å². The number of anilines is 2. The summed E-state index contributed by atoms with van der Waals surface area (Å²) in [5.74, 6) is 0.468. The predicted octanol–water partition coefficient (Wildman–Crippen LogP) is 1.52. The van der Waals surface area contributed by atoms with Crippen LogP contribution in [-0.2, 0) is 16.1 Å². The highest BCUT2D eigenvalue weighted by atomic mass is 35.5. The molecule has 8 nitrogen and oxygen atoms in total. The highest BCUT2D eigenvalue weighted by molar-refractivity contribution is 6.30. The second-order valence-electron chi connectivity index (χ2n) is 7.58. The van der Waals surface area contributed by atoms with Gasteiger partial charge in [-0.25, -0.2) is 4.68 Å². The molecule has 2 aliphatic heterocycles. The molecule has 9 heteroatoms. The largest absolute Gasteiger partial charge is 0.376 e. The van der Waals surface area contributed by atoms with E-state index in [1.165, 1.54) is 10.7 Å². The summed E-state index contributed by atoms with van der Waals surface area (Å²) in [5, 5.41) is 7.98. The molecule has 0 saturated carbocycles. The van der Waals surface area contributed by atoms with Gasteiger partial charge in [0.25, 0.3) is 5.56 Å². The van der Waals surface area contributed by atoms with Crippen LogP contribution in [0.1, 0.15) is 12.8 Å². The fourth-order valence-electron chi connectivity index (χ4n) is 3.81. The molecule has 0 unspecified atom stereocenters. The molecule has 4 rings (SSSR count). The number of amides is 1. The molecule has 0 bridgehead atoms. The van der Waals surface area contributed by atoms with Gasteiger partial charge in [0.2, 0.25) is 5.91 Å². The minimum atomic E-state index is -0.288. The Morgan fingerprint density at radius 1 is 1.17 bits per heavy atom. The summed E-state index contributed by atoms with van der Waals surface area (Å²) in [5.41, 5.74) is 0.812. The van der Waals surface area contributed by atoms with E-state index in [-0.39, 0.29) is 24.1 Å². The summed E-state index contributed by atoms with van der Waals surface area (Å²) in [7, 11) is 0. The molecular formula is C21H26ClN5O3. The molecule has 1 atom stereocenters. The van der Waals surface area contributed by atoms with Crippen molar-refractivity contribution < 1.29 is 9.53 Å². The van der Waals surface area contributed by atoms with Crippen molar-refractivity contribution in [2.45, 2.75) is 25.5 Å². The number of ether oxygens (including phenoxy) is 1. The summed E-state index contributed by atoms with van der Waals surface area (Å²) in [6.07, 6.45) is 2.05. The van der Waals surface area contributed by atoms with E-state index in [0.29, 0.717) is 12.4 Å². The van der Waals surface area contributed by atoms with Crippen molar-refractivity contribution in [2.24, 2.45) is 0 Å². The number of hydrogen-bond donors (Lipinski definition) is 1. The lowest BCUT2D eigenvalue weighted by Gasteiger charge is -2.36. The fraction of sp³-hybridized carbons (Fsp3) is 0.476. The molecule has 1 N–H and O–H groups in total. The third kappa shape index (κ3) is 5.12. The molecule has 2 saturated heterocycles. The number of carbonyl (C=O) groups is 1. The third-order valence-corrected chi connectivity index (χ3v) is 5.71. The first kappa shape index (κ1) is 20.7. The summed E-state index contributed by atoms with van der Waals surface area (Å²) in [6, 6.07) is 11.0. The standard InChI is InChI=1S/C21H26ClN5O3/c22-16-3-1-4-17(13-16)25-8-10-26(11-9-25)19-6-7-21(29)27(24-19)15-20(28)23-14-18-5-2-12-30-18/h1,3-4,6-7,13,18H,2,5,8-12,14-15H2,(H,23,28)/t18-/m1/s1. The number of halogens is 1. The first-order valence-corrected chi connectivity index (χ1v) is 10.7. The summed E-state index contributed by atoms with van der Waals surface area (Å²) in [4.78, 5) is 28.8. The molecule has 1 aromatic heterocycles. The quantitative estimate of drug-likeness (QED) is 0.747. The van der Waals surface area contributed by atoms with Crippen molar-refractivity contribution in [3.63, 3.8) is 0 Å². The molecule has 2 aromatic rings. The van der Waals surface area contributed by atoms with Crippen LogP contribution in [0.2, 0.25) is 5.02 Å². The van der Waals surface area contributed by atoms with E-state index in [1.807, 2.05) is 18.2 Å². The van der Waals surface area contributed by atoms with E-state index in [1.54, 1.807) is 6.07 Å². The summed E-state index contributed by atoms with van der Waals surface area (Å²) >= 11 is 6.10. The molecular weight excluding hydrogens is 406 g/mol. The number of nitrogens with zero attached hydrogens (tertiary/aromatic N) is 4. The summed E-state index contributed by atoms with van der Waals surface area (Å²) < 4.78 is 6.73. The molecule has 1 amide bonds. The number of hydrogen-bond acceptors (Lipinski definition) is 6. The first-order chi connectivity index (χ1) is 14.6. The Morgan fingerprint density at radius 2 is 1.97 bits per heavy atom. The minimum Gasteiger partial charge on any atom is -0.376 e. The monoisotopic (exact) mass is 431 g/mol. The SMILES string of the molecule is O=C(Cn1nc(N2CCN(c3cccc(Cl)c3)CC2)ccc1=O)NC[C@H]1CCCO1. The highest BCUT2D eigenvalue weighted by Gasteiger charge is 2.20. The van der Waals surface area contributed by atoms with Gasteiger partial charge < -0.3 is 19.9 Å². The van der Waals surface area contributed by atoms with Gasteiger partial charge in [-0.3, -0.25) is 9.59 Å². The Labute approximate surface area is 180 Å². The maximum atomic E-state index is 12.2. The van der Waals surface area contributed by atoms with Gasteiger partial charge in [0.15, 0.2) is 0 Å². The zero-order valence-electron chi connectivity index (χ0n) is 16.8. The van der Waals surface area contributed by atoms with Gasteiger partial charge in [-0.15, -0.1) is 0 Å². The maximum Gasteiger partial charge on any atom is 0.267 e. The Balaban J connectivity index is 1.35. The average molecular weight is 432 g/mol. The smallest absolute Gasteiger partial charge is 0.267 e. The molecule has 160 valence electrons. The van der Waals surface area contributed by atoms with Crippen molar-refractivity contribution in [1.29, 1.82) is 0 Å². The normalized spacial score (nSPS) is 19.2. The van der Waals surface area contributed by atoms with Crippen LogP contribution in [0.5, 0.6) is 0 Å². The molecule has 30 heavy (non-hydrogen) atoms. The number of benzene rings is 1. The Hall–Kier alpha value is -2.58. The van der Waals surface area contributed by atoms with Gasteiger partial charge in [0.05, 0.1) is 6.10 Å². The van der Waals surface area contributed by atoms with E-state index >= 15 is 0 Å². The molecule has 2 fully saturated rings. The lowest BCUT2D eigenvalue weighted by atomic mass is 10.2. The minimum absolute atomic E-state index is 0.0701. The zero-order chi connectivity index (χ0) is 20.9. The molecule has 0 spiro atoms. The van der Waals surface area contributed by atoms with Gasteiger partial charge in [0, 0.05) is 56.1 Å². The number of nitrogens with one attached hydrogen (secondary N) is 1. The topological polar surface area (TPSA) is 79.7 Å². The lowest BCUT2D eigenvalue weighted by molar-refractivity contribution is -0.122. The second-order valence-corrected chi connectivity index (χ2v) is 8.02. The predicted molar refractivity (Wildman–Crippen MR) is 116 cm³/mol. The van der Waals surface area contributed by atoms with Crippen molar-refractivity contribution in [1.82, 2.24) is 15.1 Å². The van der Waals surface area contributed by atoms with Gasteiger partial charge in [-0.05, 0) is 37.1 Å². The van der Waals surface area contributed by atoms with Crippen LogP contribution in [-0.4, -0.2) is 61.1 Å². The number of aromatic nitrogens is 2. The molecule has 2 aliphatic rings. The van der Waals surface area contributed by atoms with Gasteiger partial charge >= 0.3 is 0 Å². The van der Waals surface area contributed by atoms with Crippen LogP contribution < -0.4 is 20.7 Å². The Bertz CT molecular complexity index is 936. The maximum absolute atomic E-state index is 12.2. The second kappa shape index (κ2) is 9.49. The number of carbonyl (C=O) groups excluding carboxylic acids is 1. The fourth-order valence-corrected chi connectivity index (χ4v) is 4.00. The van der Waals surface area contributed by atoms with Gasteiger partial charge in [-0.1, -0.05) is 17.7 Å². The third-order valence-electron chi connectivity index (χ3n) is 5.47. The molecule has 0 radical (unpaired) electrons. The average Bonchev–Trinajstić information content (AvgIpc) is 3.28. The van der Waals surface area contributed by atoms with Crippen LogP contribution in [0.25, 0.3) is 0 Å². The highest BCUT2D eigenvalue weighted by Crippen LogP contribution is 2.22.